The summed E-state index contributed by atoms with van der Waals surface area (Å²) in [7, 11) is 0. The van der Waals surface area contributed by atoms with Gasteiger partial charge in [0, 0.05) is 49.4 Å². The van der Waals surface area contributed by atoms with Gasteiger partial charge in [-0.1, -0.05) is 12.1 Å². The number of alkyl halides is 1. The van der Waals surface area contributed by atoms with Crippen LogP contribution in [0.1, 0.15) is 62.8 Å². The lowest BCUT2D eigenvalue weighted by Gasteiger charge is -2.51. The summed E-state index contributed by atoms with van der Waals surface area (Å²) in [6, 6.07) is 7.02. The van der Waals surface area contributed by atoms with Crippen molar-refractivity contribution >= 4 is 5.69 Å². The molecule has 0 aliphatic carbocycles. The summed E-state index contributed by atoms with van der Waals surface area (Å²) in [5, 5.41) is 9.97. The molecule has 2 aromatic rings. The standard InChI is InChI=1S/C30H38F3N3O.C3H4/c1-4-11-34-12-5-9-30(10-14-34)19-36(20-30)22-16-25(31)27(26(32)17-22)28-24-7-6-23(37)15-21(24)8-13-35(28)18-29(2,3)33;1-3-2/h4,6-7,15-17,28,37H,1,5,8-14,18-20H2,2-3H3;1H,2H3. The Morgan fingerprint density at radius 2 is 1.80 bits per heavy atom. The minimum Gasteiger partial charge on any atom is -0.508 e. The average Bonchev–Trinajstić information content (AvgIpc) is 3.06. The summed E-state index contributed by atoms with van der Waals surface area (Å²) >= 11 is 0. The Hall–Kier alpha value is -2.95. The highest BCUT2D eigenvalue weighted by Crippen LogP contribution is 2.45. The number of hydrogen-bond acceptors (Lipinski definition) is 4. The van der Waals surface area contributed by atoms with E-state index in [0.29, 0.717) is 24.2 Å². The number of halogens is 3. The molecule has 2 aromatic carbocycles. The Kier molecular flexibility index (Phi) is 9.22. The van der Waals surface area contributed by atoms with Crippen molar-refractivity contribution < 1.29 is 18.3 Å². The van der Waals surface area contributed by atoms with E-state index in [0.717, 1.165) is 57.5 Å². The third kappa shape index (κ3) is 6.67. The lowest BCUT2D eigenvalue weighted by molar-refractivity contribution is 0.0972. The van der Waals surface area contributed by atoms with E-state index in [1.54, 1.807) is 19.1 Å². The monoisotopic (exact) mass is 553 g/mol. The third-order valence-electron chi connectivity index (χ3n) is 8.32. The molecule has 0 amide bonds. The highest BCUT2D eigenvalue weighted by molar-refractivity contribution is 5.54. The molecule has 0 radical (unpaired) electrons. The Bertz CT molecular complexity index is 1220. The molecule has 1 N–H and O–H groups in total. The molecule has 5 rings (SSSR count). The maximum Gasteiger partial charge on any atom is 0.133 e. The summed E-state index contributed by atoms with van der Waals surface area (Å²) in [5.41, 5.74) is 0.745. The number of hydrogen-bond donors (Lipinski definition) is 1. The molecule has 0 bridgehead atoms. The largest absolute Gasteiger partial charge is 0.508 e. The molecule has 1 spiro atoms. The van der Waals surface area contributed by atoms with Crippen molar-refractivity contribution in [1.29, 1.82) is 0 Å². The van der Waals surface area contributed by atoms with Gasteiger partial charge in [0.2, 0.25) is 0 Å². The van der Waals surface area contributed by atoms with Gasteiger partial charge in [-0.25, -0.2) is 13.2 Å². The molecule has 2 saturated heterocycles. The first-order valence-electron chi connectivity index (χ1n) is 14.2. The summed E-state index contributed by atoms with van der Waals surface area (Å²) in [6.07, 6.45) is 10.5. The van der Waals surface area contributed by atoms with Crippen LogP contribution in [0, 0.1) is 29.4 Å². The van der Waals surface area contributed by atoms with Gasteiger partial charge in [0.15, 0.2) is 0 Å². The van der Waals surface area contributed by atoms with Gasteiger partial charge in [-0.3, -0.25) is 9.80 Å². The second kappa shape index (κ2) is 12.3. The van der Waals surface area contributed by atoms with Gasteiger partial charge in [-0.05, 0) is 94.9 Å². The van der Waals surface area contributed by atoms with Crippen LogP contribution in [0.5, 0.6) is 5.75 Å². The smallest absolute Gasteiger partial charge is 0.133 e. The second-order valence-corrected chi connectivity index (χ2v) is 12.1. The van der Waals surface area contributed by atoms with E-state index >= 15 is 8.78 Å². The fourth-order valence-electron chi connectivity index (χ4n) is 6.61. The second-order valence-electron chi connectivity index (χ2n) is 12.1. The number of fused-ring (bicyclic) bond motifs is 1. The van der Waals surface area contributed by atoms with Crippen LogP contribution in [0.15, 0.2) is 43.0 Å². The van der Waals surface area contributed by atoms with Crippen LogP contribution in [-0.2, 0) is 6.42 Å². The average molecular weight is 554 g/mol. The maximum atomic E-state index is 15.8. The highest BCUT2D eigenvalue weighted by Gasteiger charge is 2.44. The number of benzene rings is 2. The first-order chi connectivity index (χ1) is 19.0. The van der Waals surface area contributed by atoms with Crippen molar-refractivity contribution in [2.45, 2.75) is 58.2 Å². The number of anilines is 1. The number of aromatic hydroxyl groups is 1. The third-order valence-corrected chi connectivity index (χ3v) is 8.32. The minimum absolute atomic E-state index is 0.0515. The number of phenols is 1. The van der Waals surface area contributed by atoms with Crippen molar-refractivity contribution in [3.05, 3.63) is 71.3 Å². The molecule has 2 fully saturated rings. The van der Waals surface area contributed by atoms with Crippen LogP contribution in [-0.4, -0.2) is 66.4 Å². The summed E-state index contributed by atoms with van der Waals surface area (Å²) in [4.78, 5) is 6.32. The van der Waals surface area contributed by atoms with Gasteiger partial charge in [-0.15, -0.1) is 18.9 Å². The molecule has 3 aliphatic heterocycles. The Labute approximate surface area is 237 Å². The number of likely N-dealkylation sites (tertiary alicyclic amines) is 1. The predicted molar refractivity (Wildman–Crippen MR) is 156 cm³/mol. The predicted octanol–water partition coefficient (Wildman–Crippen LogP) is 6.48. The Balaban J connectivity index is 0.00000118. The van der Waals surface area contributed by atoms with Crippen LogP contribution < -0.4 is 4.90 Å². The van der Waals surface area contributed by atoms with Gasteiger partial charge >= 0.3 is 0 Å². The van der Waals surface area contributed by atoms with E-state index < -0.39 is 23.3 Å². The number of phenolic OH excluding ortho intramolecular Hbond substituents is 1. The van der Waals surface area contributed by atoms with Gasteiger partial charge in [-0.2, -0.15) is 0 Å². The van der Waals surface area contributed by atoms with Crippen molar-refractivity contribution in [3.8, 4) is 18.1 Å². The molecule has 7 heteroatoms. The number of rotatable bonds is 6. The highest BCUT2D eigenvalue weighted by atomic mass is 19.1. The first kappa shape index (κ1) is 30.0. The Morgan fingerprint density at radius 1 is 1.12 bits per heavy atom. The van der Waals surface area contributed by atoms with Gasteiger partial charge < -0.3 is 10.0 Å². The van der Waals surface area contributed by atoms with Crippen LogP contribution in [0.25, 0.3) is 0 Å². The van der Waals surface area contributed by atoms with E-state index in [1.807, 2.05) is 11.0 Å². The SMILES string of the molecule is C#CC.C=CCN1CCCC2(CC1)CN(c1cc(F)c(C3c4ccc(O)cc4CCN3CC(C)(C)F)c(F)c1)C2. The van der Waals surface area contributed by atoms with E-state index in [2.05, 4.69) is 28.7 Å². The van der Waals surface area contributed by atoms with Crippen molar-refractivity contribution in [3.63, 3.8) is 0 Å². The van der Waals surface area contributed by atoms with Crippen molar-refractivity contribution in [1.82, 2.24) is 9.80 Å². The summed E-state index contributed by atoms with van der Waals surface area (Å²) < 4.78 is 46.3. The van der Waals surface area contributed by atoms with Crippen LogP contribution in [0.3, 0.4) is 0 Å². The molecule has 0 aromatic heterocycles. The van der Waals surface area contributed by atoms with E-state index in [4.69, 9.17) is 0 Å². The van der Waals surface area contributed by atoms with Crippen LogP contribution >= 0.6 is 0 Å². The summed E-state index contributed by atoms with van der Waals surface area (Å²) in [6.45, 7) is 13.6. The molecule has 1 unspecified atom stereocenters. The number of terminal acetylenes is 1. The number of nitrogens with zero attached hydrogens (tertiary/aromatic N) is 3. The zero-order valence-electron chi connectivity index (χ0n) is 24.0. The molecule has 40 heavy (non-hydrogen) atoms. The topological polar surface area (TPSA) is 30.0 Å². The van der Waals surface area contributed by atoms with E-state index in [9.17, 15) is 9.50 Å². The van der Waals surface area contributed by atoms with Gasteiger partial charge in [0.1, 0.15) is 23.1 Å². The maximum absolute atomic E-state index is 15.8. The lowest BCUT2D eigenvalue weighted by atomic mass is 9.73. The lowest BCUT2D eigenvalue weighted by Crippen LogP contribution is -2.56. The Morgan fingerprint density at radius 3 is 2.42 bits per heavy atom. The van der Waals surface area contributed by atoms with Crippen LogP contribution in [0.2, 0.25) is 0 Å². The van der Waals surface area contributed by atoms with Gasteiger partial charge in [0.25, 0.3) is 0 Å². The van der Waals surface area contributed by atoms with E-state index in [-0.39, 0.29) is 23.3 Å². The summed E-state index contributed by atoms with van der Waals surface area (Å²) in [5.74, 6) is 1.15. The van der Waals surface area contributed by atoms with Crippen molar-refractivity contribution in [2.24, 2.45) is 5.41 Å². The zero-order valence-corrected chi connectivity index (χ0v) is 24.0. The molecular formula is C33H42F3N3O. The molecule has 0 saturated carbocycles. The van der Waals surface area contributed by atoms with Crippen LogP contribution in [0.4, 0.5) is 18.9 Å². The van der Waals surface area contributed by atoms with Crippen molar-refractivity contribution in [2.75, 3.05) is 50.7 Å². The fraction of sp³-hybridized carbons (Fsp3) is 0.515. The zero-order chi connectivity index (χ0) is 29.1. The molecule has 216 valence electrons. The quantitative estimate of drug-likeness (QED) is 0.328. The van der Waals surface area contributed by atoms with Gasteiger partial charge in [0.05, 0.1) is 6.04 Å². The molecule has 3 heterocycles. The first-order valence-corrected chi connectivity index (χ1v) is 14.2. The molecular weight excluding hydrogens is 511 g/mol. The van der Waals surface area contributed by atoms with E-state index in [1.165, 1.54) is 32.0 Å². The molecule has 3 aliphatic rings. The minimum atomic E-state index is -1.52. The molecule has 4 nitrogen and oxygen atoms in total. The normalized spacial score (nSPS) is 20.9. The molecule has 1 atom stereocenters. The fourth-order valence-corrected chi connectivity index (χ4v) is 6.61.